The van der Waals surface area contributed by atoms with Gasteiger partial charge < -0.3 is 4.74 Å². The number of carbonyl (C=O) groups excluding carboxylic acids is 1. The van der Waals surface area contributed by atoms with E-state index in [1.165, 1.54) is 18.7 Å². The minimum absolute atomic E-state index is 0.454. The third kappa shape index (κ3) is 2.34. The largest absolute Gasteiger partial charge is 0.512 e. The Labute approximate surface area is 89.0 Å². The van der Waals surface area contributed by atoms with Crippen LogP contribution >= 0.6 is 0 Å². The van der Waals surface area contributed by atoms with Crippen LogP contribution in [0.2, 0.25) is 0 Å². The van der Waals surface area contributed by atoms with Crippen molar-refractivity contribution in [2.45, 2.75) is 25.1 Å². The highest BCUT2D eigenvalue weighted by Gasteiger charge is 2.52. The zero-order chi connectivity index (χ0) is 11.8. The van der Waals surface area contributed by atoms with E-state index in [2.05, 4.69) is 9.72 Å². The molecule has 16 heavy (non-hydrogen) atoms. The molecule has 0 bridgehead atoms. The van der Waals surface area contributed by atoms with Gasteiger partial charge in [0.05, 0.1) is 0 Å². The molecule has 1 aromatic heterocycles. The zero-order valence-electron chi connectivity index (χ0n) is 8.20. The van der Waals surface area contributed by atoms with Gasteiger partial charge in [-0.05, 0) is 12.8 Å². The molecular formula is C9H10F3N2O2+. The van der Waals surface area contributed by atoms with E-state index >= 15 is 0 Å². The molecule has 88 valence electrons. The van der Waals surface area contributed by atoms with Crippen LogP contribution in [-0.2, 0) is 4.74 Å². The standard InChI is InChI=1S/C9H9F3N2O2/c10-9(11,12)7(6-1-2-6)16-8(15)14-4-3-13-5-14/h3-7H,1-2H2/p+1. The fraction of sp³-hybridized carbons (Fsp3) is 0.556. The molecule has 1 fully saturated rings. The van der Waals surface area contributed by atoms with Crippen molar-refractivity contribution < 1.29 is 27.7 Å². The summed E-state index contributed by atoms with van der Waals surface area (Å²) in [6.07, 6.45) is -2.65. The molecule has 4 nitrogen and oxygen atoms in total. The number of carbonyl (C=O) groups is 1. The van der Waals surface area contributed by atoms with E-state index in [0.29, 0.717) is 12.8 Å². The first-order valence-corrected chi connectivity index (χ1v) is 4.80. The lowest BCUT2D eigenvalue weighted by atomic mass is 10.2. The molecular weight excluding hydrogens is 225 g/mol. The highest BCUT2D eigenvalue weighted by molar-refractivity contribution is 5.70. The number of alkyl halides is 3. The normalized spacial score (nSPS) is 18.2. The molecule has 0 aromatic carbocycles. The van der Waals surface area contributed by atoms with Crippen molar-refractivity contribution in [2.75, 3.05) is 0 Å². The summed E-state index contributed by atoms with van der Waals surface area (Å²) in [4.78, 5) is 13.9. The van der Waals surface area contributed by atoms with Crippen molar-refractivity contribution in [3.8, 4) is 0 Å². The van der Waals surface area contributed by atoms with Gasteiger partial charge in [-0.2, -0.15) is 18.0 Å². The summed E-state index contributed by atoms with van der Waals surface area (Å²) < 4.78 is 42.9. The first-order valence-electron chi connectivity index (χ1n) is 4.80. The minimum atomic E-state index is -4.49. The molecule has 1 heterocycles. The second-order valence-electron chi connectivity index (χ2n) is 3.70. The smallest absolute Gasteiger partial charge is 0.418 e. The van der Waals surface area contributed by atoms with Gasteiger partial charge in [-0.25, -0.2) is 4.98 Å². The monoisotopic (exact) mass is 235 g/mol. The number of hydrogen-bond acceptors (Lipinski definition) is 2. The molecule has 0 radical (unpaired) electrons. The maximum atomic E-state index is 12.5. The molecule has 1 aromatic rings. The molecule has 1 aliphatic carbocycles. The maximum absolute atomic E-state index is 12.5. The van der Waals surface area contributed by atoms with Crippen LogP contribution < -0.4 is 4.98 Å². The van der Waals surface area contributed by atoms with E-state index in [4.69, 9.17) is 0 Å². The minimum Gasteiger partial charge on any atom is -0.418 e. The number of imidazole rings is 1. The second-order valence-corrected chi connectivity index (χ2v) is 3.70. The molecule has 1 N–H and O–H groups in total. The predicted octanol–water partition coefficient (Wildman–Crippen LogP) is 1.63. The number of hydrogen-bond donors (Lipinski definition) is 0. The number of nitrogens with one attached hydrogen (secondary N) is 1. The van der Waals surface area contributed by atoms with E-state index in [9.17, 15) is 18.0 Å². The fourth-order valence-corrected chi connectivity index (χ4v) is 1.40. The van der Waals surface area contributed by atoms with Gasteiger partial charge in [0.25, 0.3) is 6.33 Å². The van der Waals surface area contributed by atoms with Gasteiger partial charge >= 0.3 is 12.3 Å². The van der Waals surface area contributed by atoms with Gasteiger partial charge in [-0.1, -0.05) is 0 Å². The van der Waals surface area contributed by atoms with Gasteiger partial charge in [0.15, 0.2) is 0 Å². The predicted molar refractivity (Wildman–Crippen MR) is 45.4 cm³/mol. The zero-order valence-corrected chi connectivity index (χ0v) is 8.20. The number of aromatic amines is 1. The number of H-pyrrole nitrogens is 1. The third-order valence-electron chi connectivity index (χ3n) is 2.36. The van der Waals surface area contributed by atoms with Crippen LogP contribution in [-0.4, -0.2) is 22.9 Å². The fourth-order valence-electron chi connectivity index (χ4n) is 1.40. The van der Waals surface area contributed by atoms with Crippen LogP contribution in [0.3, 0.4) is 0 Å². The molecule has 1 aliphatic rings. The van der Waals surface area contributed by atoms with Crippen molar-refractivity contribution in [1.29, 1.82) is 0 Å². The molecule has 7 heteroatoms. The molecule has 1 atom stereocenters. The van der Waals surface area contributed by atoms with Gasteiger partial charge in [0.1, 0.15) is 12.4 Å². The van der Waals surface area contributed by atoms with E-state index in [1.807, 2.05) is 0 Å². The van der Waals surface area contributed by atoms with E-state index in [0.717, 1.165) is 4.57 Å². The highest BCUT2D eigenvalue weighted by atomic mass is 19.4. The number of halogens is 3. The van der Waals surface area contributed by atoms with Crippen LogP contribution in [0.1, 0.15) is 12.8 Å². The molecule has 0 amide bonds. The van der Waals surface area contributed by atoms with E-state index in [-0.39, 0.29) is 0 Å². The first kappa shape index (κ1) is 11.0. The Kier molecular flexibility index (Phi) is 2.61. The lowest BCUT2D eigenvalue weighted by molar-refractivity contribution is -0.376. The average molecular weight is 235 g/mol. The number of rotatable bonds is 2. The lowest BCUT2D eigenvalue weighted by Crippen LogP contribution is -2.36. The molecule has 2 rings (SSSR count). The van der Waals surface area contributed by atoms with Gasteiger partial charge in [0, 0.05) is 5.92 Å². The Morgan fingerprint density at radius 1 is 1.50 bits per heavy atom. The lowest BCUT2D eigenvalue weighted by Gasteiger charge is -2.18. The van der Waals surface area contributed by atoms with Crippen LogP contribution in [0, 0.1) is 5.92 Å². The number of aromatic nitrogens is 2. The van der Waals surface area contributed by atoms with Gasteiger partial charge in [0.2, 0.25) is 6.10 Å². The topological polar surface area (TPSA) is 45.4 Å². The molecule has 0 aliphatic heterocycles. The van der Waals surface area contributed by atoms with Crippen LogP contribution in [0.25, 0.3) is 0 Å². The quantitative estimate of drug-likeness (QED) is 0.782. The summed E-state index contributed by atoms with van der Waals surface area (Å²) in [5, 5.41) is 0. The van der Waals surface area contributed by atoms with Crippen molar-refractivity contribution in [3.63, 3.8) is 0 Å². The first-order chi connectivity index (χ1) is 7.48. The van der Waals surface area contributed by atoms with Crippen molar-refractivity contribution in [3.05, 3.63) is 18.7 Å². The average Bonchev–Trinajstić information content (AvgIpc) is 2.85. The van der Waals surface area contributed by atoms with E-state index in [1.54, 1.807) is 0 Å². The van der Waals surface area contributed by atoms with E-state index < -0.39 is 24.3 Å². The highest BCUT2D eigenvalue weighted by Crippen LogP contribution is 2.42. The summed E-state index contributed by atoms with van der Waals surface area (Å²) in [6.45, 7) is 0. The molecule has 1 unspecified atom stereocenters. The maximum Gasteiger partial charge on any atom is 0.512 e. The Morgan fingerprint density at radius 2 is 2.19 bits per heavy atom. The van der Waals surface area contributed by atoms with Crippen molar-refractivity contribution in [1.82, 2.24) is 4.57 Å². The van der Waals surface area contributed by atoms with Crippen LogP contribution in [0.15, 0.2) is 18.7 Å². The number of nitrogens with zero attached hydrogens (tertiary/aromatic N) is 1. The number of ether oxygens (including phenoxy) is 1. The Hall–Kier alpha value is -1.53. The SMILES string of the molecule is O=C(OC(C1CC1)C(F)(F)F)n1cc[nH+]c1. The summed E-state index contributed by atoms with van der Waals surface area (Å²) in [7, 11) is 0. The molecule has 1 saturated carbocycles. The van der Waals surface area contributed by atoms with Gasteiger partial charge in [-0.15, -0.1) is 4.57 Å². The second kappa shape index (κ2) is 3.80. The van der Waals surface area contributed by atoms with Crippen molar-refractivity contribution >= 4 is 6.09 Å². The van der Waals surface area contributed by atoms with Crippen molar-refractivity contribution in [2.24, 2.45) is 5.92 Å². The Balaban J connectivity index is 2.04. The Morgan fingerprint density at radius 3 is 2.62 bits per heavy atom. The molecule has 0 saturated heterocycles. The Bertz CT molecular complexity index is 371. The van der Waals surface area contributed by atoms with Crippen LogP contribution in [0.5, 0.6) is 0 Å². The summed E-state index contributed by atoms with van der Waals surface area (Å²) in [5.74, 6) is -0.580. The summed E-state index contributed by atoms with van der Waals surface area (Å²) >= 11 is 0. The summed E-state index contributed by atoms with van der Waals surface area (Å²) in [5.41, 5.74) is 0. The summed E-state index contributed by atoms with van der Waals surface area (Å²) in [6, 6.07) is 0. The third-order valence-corrected chi connectivity index (χ3v) is 2.36. The van der Waals surface area contributed by atoms with Gasteiger partial charge in [-0.3, -0.25) is 0 Å². The van der Waals surface area contributed by atoms with Crippen LogP contribution in [0.4, 0.5) is 18.0 Å². The molecule has 0 spiro atoms.